The fraction of sp³-hybridized carbons (Fsp3) is 0.923. The second-order valence-corrected chi connectivity index (χ2v) is 4.51. The van der Waals surface area contributed by atoms with Crippen LogP contribution in [0.5, 0.6) is 0 Å². The van der Waals surface area contributed by atoms with Gasteiger partial charge in [0.05, 0.1) is 6.10 Å². The van der Waals surface area contributed by atoms with E-state index in [0.717, 1.165) is 12.8 Å². The Kier molecular flexibility index (Phi) is 10.5. The summed E-state index contributed by atoms with van der Waals surface area (Å²) in [6.45, 7) is 4.53. The lowest BCUT2D eigenvalue weighted by Crippen LogP contribution is -2.26. The predicted octanol–water partition coefficient (Wildman–Crippen LogP) is 2.62. The van der Waals surface area contributed by atoms with Crippen LogP contribution in [0.25, 0.3) is 0 Å². The van der Waals surface area contributed by atoms with Crippen molar-refractivity contribution >= 4 is 5.91 Å². The third-order valence-electron chi connectivity index (χ3n) is 2.64. The molecule has 1 amide bonds. The van der Waals surface area contributed by atoms with Crippen LogP contribution in [-0.4, -0.2) is 23.7 Å². The molecule has 1 unspecified atom stereocenters. The van der Waals surface area contributed by atoms with Crippen LogP contribution in [0.4, 0.5) is 0 Å². The van der Waals surface area contributed by atoms with Gasteiger partial charge in [-0.15, -0.1) is 0 Å². The summed E-state index contributed by atoms with van der Waals surface area (Å²) in [6, 6.07) is 0. The molecule has 0 spiro atoms. The molecule has 3 heteroatoms. The Hall–Kier alpha value is -0.570. The number of carbonyl (C=O) groups excluding carboxylic acids is 1. The van der Waals surface area contributed by atoms with Crippen LogP contribution in [0.2, 0.25) is 0 Å². The Balaban J connectivity index is 3.17. The molecule has 1 atom stereocenters. The number of carbonyl (C=O) groups is 1. The van der Waals surface area contributed by atoms with Crippen LogP contribution < -0.4 is 5.32 Å². The van der Waals surface area contributed by atoms with E-state index in [-0.39, 0.29) is 12.0 Å². The molecule has 0 saturated heterocycles. The van der Waals surface area contributed by atoms with Gasteiger partial charge in [0.15, 0.2) is 0 Å². The molecule has 2 N–H and O–H groups in total. The summed E-state index contributed by atoms with van der Waals surface area (Å²) in [6.07, 6.45) is 8.20. The smallest absolute Gasteiger partial charge is 0.219 e. The molecule has 0 aliphatic rings. The van der Waals surface area contributed by atoms with Crippen molar-refractivity contribution in [3.8, 4) is 0 Å². The van der Waals surface area contributed by atoms with Gasteiger partial charge in [0.25, 0.3) is 0 Å². The van der Waals surface area contributed by atoms with Gasteiger partial charge in [0, 0.05) is 13.0 Å². The van der Waals surface area contributed by atoms with Crippen molar-refractivity contribution in [2.75, 3.05) is 6.54 Å². The maximum atomic E-state index is 11.3. The molecule has 0 bridgehead atoms. The quantitative estimate of drug-likeness (QED) is 0.566. The van der Waals surface area contributed by atoms with E-state index in [4.69, 9.17) is 5.11 Å². The van der Waals surface area contributed by atoms with Crippen LogP contribution in [0.15, 0.2) is 0 Å². The van der Waals surface area contributed by atoms with Crippen LogP contribution in [-0.2, 0) is 4.79 Å². The molecule has 0 fully saturated rings. The first-order valence-corrected chi connectivity index (χ1v) is 6.61. The fourth-order valence-electron chi connectivity index (χ4n) is 1.57. The fourth-order valence-corrected chi connectivity index (χ4v) is 1.57. The topological polar surface area (TPSA) is 49.3 Å². The zero-order chi connectivity index (χ0) is 12.2. The summed E-state index contributed by atoms with van der Waals surface area (Å²) in [7, 11) is 0. The van der Waals surface area contributed by atoms with E-state index < -0.39 is 0 Å². The Morgan fingerprint density at radius 2 is 1.81 bits per heavy atom. The zero-order valence-electron chi connectivity index (χ0n) is 10.8. The molecular weight excluding hydrogens is 202 g/mol. The van der Waals surface area contributed by atoms with Gasteiger partial charge in [-0.05, 0) is 19.8 Å². The van der Waals surface area contributed by atoms with E-state index in [1.54, 1.807) is 6.92 Å². The lowest BCUT2D eigenvalue weighted by molar-refractivity contribution is -0.121. The highest BCUT2D eigenvalue weighted by Crippen LogP contribution is 2.06. The van der Waals surface area contributed by atoms with E-state index in [1.807, 2.05) is 0 Å². The third-order valence-corrected chi connectivity index (χ3v) is 2.64. The van der Waals surface area contributed by atoms with E-state index in [9.17, 15) is 4.79 Å². The third kappa shape index (κ3) is 11.5. The number of amides is 1. The number of hydrogen-bond donors (Lipinski definition) is 2. The zero-order valence-corrected chi connectivity index (χ0v) is 10.8. The maximum Gasteiger partial charge on any atom is 0.219 e. The van der Waals surface area contributed by atoms with E-state index >= 15 is 0 Å². The summed E-state index contributed by atoms with van der Waals surface area (Å²) in [5, 5.41) is 11.8. The molecule has 0 radical (unpaired) electrons. The highest BCUT2D eigenvalue weighted by atomic mass is 16.3. The molecule has 16 heavy (non-hydrogen) atoms. The first-order chi connectivity index (χ1) is 7.66. The number of nitrogens with one attached hydrogen (secondary N) is 1. The number of rotatable bonds is 10. The maximum absolute atomic E-state index is 11.3. The van der Waals surface area contributed by atoms with Gasteiger partial charge in [-0.1, -0.05) is 39.0 Å². The minimum Gasteiger partial charge on any atom is -0.393 e. The van der Waals surface area contributed by atoms with Crippen molar-refractivity contribution in [1.29, 1.82) is 0 Å². The molecule has 3 nitrogen and oxygen atoms in total. The van der Waals surface area contributed by atoms with Crippen molar-refractivity contribution in [1.82, 2.24) is 5.32 Å². The second kappa shape index (κ2) is 10.9. The molecule has 0 saturated carbocycles. The van der Waals surface area contributed by atoms with Gasteiger partial charge in [0.1, 0.15) is 0 Å². The Morgan fingerprint density at radius 1 is 1.19 bits per heavy atom. The van der Waals surface area contributed by atoms with Crippen LogP contribution in [0, 0.1) is 0 Å². The number of aliphatic hydroxyl groups excluding tert-OH is 1. The Bertz CT molecular complexity index is 169. The normalized spacial score (nSPS) is 12.4. The summed E-state index contributed by atoms with van der Waals surface area (Å²) >= 11 is 0. The minimum absolute atomic E-state index is 0.121. The van der Waals surface area contributed by atoms with Crippen LogP contribution >= 0.6 is 0 Å². The van der Waals surface area contributed by atoms with E-state index in [0.29, 0.717) is 19.4 Å². The van der Waals surface area contributed by atoms with Crippen molar-refractivity contribution in [3.05, 3.63) is 0 Å². The van der Waals surface area contributed by atoms with Gasteiger partial charge in [-0.3, -0.25) is 4.79 Å². The second-order valence-electron chi connectivity index (χ2n) is 4.51. The average Bonchev–Trinajstić information content (AvgIpc) is 2.22. The minimum atomic E-state index is -0.325. The lowest BCUT2D eigenvalue weighted by atomic mass is 10.1. The first-order valence-electron chi connectivity index (χ1n) is 6.61. The molecule has 0 aliphatic carbocycles. The van der Waals surface area contributed by atoms with Crippen molar-refractivity contribution < 1.29 is 9.90 Å². The molecule has 96 valence electrons. The summed E-state index contributed by atoms with van der Waals surface area (Å²) in [5.41, 5.74) is 0. The van der Waals surface area contributed by atoms with Crippen molar-refractivity contribution in [2.24, 2.45) is 0 Å². The van der Waals surface area contributed by atoms with Gasteiger partial charge in [-0.25, -0.2) is 0 Å². The molecule has 0 heterocycles. The summed E-state index contributed by atoms with van der Waals surface area (Å²) < 4.78 is 0. The molecule has 0 aromatic rings. The Labute approximate surface area is 99.6 Å². The first kappa shape index (κ1) is 15.4. The van der Waals surface area contributed by atoms with Gasteiger partial charge < -0.3 is 10.4 Å². The molecule has 0 aromatic carbocycles. The number of hydrogen-bond acceptors (Lipinski definition) is 2. The van der Waals surface area contributed by atoms with Crippen molar-refractivity contribution in [2.45, 2.75) is 71.3 Å². The van der Waals surface area contributed by atoms with Gasteiger partial charge in [0.2, 0.25) is 5.91 Å². The number of unbranched alkanes of at least 4 members (excludes halogenated alkanes) is 5. The molecule has 0 aliphatic heterocycles. The van der Waals surface area contributed by atoms with Crippen LogP contribution in [0.3, 0.4) is 0 Å². The molecule has 0 aromatic heterocycles. The predicted molar refractivity (Wildman–Crippen MR) is 67.3 cm³/mol. The largest absolute Gasteiger partial charge is 0.393 e. The highest BCUT2D eigenvalue weighted by molar-refractivity contribution is 5.75. The van der Waals surface area contributed by atoms with Gasteiger partial charge in [-0.2, -0.15) is 0 Å². The molecular formula is C13H27NO2. The average molecular weight is 229 g/mol. The summed E-state index contributed by atoms with van der Waals surface area (Å²) in [4.78, 5) is 11.3. The van der Waals surface area contributed by atoms with E-state index in [1.165, 1.54) is 25.7 Å². The van der Waals surface area contributed by atoms with Gasteiger partial charge >= 0.3 is 0 Å². The van der Waals surface area contributed by atoms with Crippen LogP contribution in [0.1, 0.15) is 65.2 Å². The standard InChI is InChI=1S/C13H27NO2/c1-3-4-5-6-7-8-9-13(16)14-11-10-12(2)15/h12,15H,3-11H2,1-2H3,(H,14,16). The Morgan fingerprint density at radius 3 is 2.44 bits per heavy atom. The molecule has 0 rings (SSSR count). The SMILES string of the molecule is CCCCCCCCC(=O)NCCC(C)O. The monoisotopic (exact) mass is 229 g/mol. The van der Waals surface area contributed by atoms with E-state index in [2.05, 4.69) is 12.2 Å². The van der Waals surface area contributed by atoms with Crippen molar-refractivity contribution in [3.63, 3.8) is 0 Å². The highest BCUT2D eigenvalue weighted by Gasteiger charge is 2.01. The lowest BCUT2D eigenvalue weighted by Gasteiger charge is -2.06. The number of aliphatic hydroxyl groups is 1. The summed E-state index contributed by atoms with van der Waals surface area (Å²) in [5.74, 6) is 0.121.